The summed E-state index contributed by atoms with van der Waals surface area (Å²) >= 11 is 0. The Morgan fingerprint density at radius 3 is 2.58 bits per heavy atom. The van der Waals surface area contributed by atoms with Crippen LogP contribution in [0.15, 0.2) is 114 Å². The zero-order chi connectivity index (χ0) is 26.5. The maximum absolute atomic E-state index is 13.1. The minimum Gasteiger partial charge on any atom is -0.327 e. The molecule has 1 heterocycles. The molecule has 5 rings (SSSR count). The molecule has 1 atom stereocenters. The molecule has 0 aliphatic heterocycles. The number of urea groups is 1. The summed E-state index contributed by atoms with van der Waals surface area (Å²) < 4.78 is 30.0. The Morgan fingerprint density at radius 1 is 1.03 bits per heavy atom. The van der Waals surface area contributed by atoms with Crippen LogP contribution < -0.4 is 10.0 Å². The first-order valence-corrected chi connectivity index (χ1v) is 13.8. The van der Waals surface area contributed by atoms with Gasteiger partial charge < -0.3 is 9.88 Å². The monoisotopic (exact) mass is 524 g/mol. The fourth-order valence-corrected chi connectivity index (χ4v) is 5.74. The number of sulfonamides is 1. The van der Waals surface area contributed by atoms with E-state index in [1.165, 1.54) is 6.07 Å². The highest BCUT2D eigenvalue weighted by molar-refractivity contribution is 7.90. The van der Waals surface area contributed by atoms with Crippen molar-refractivity contribution in [2.24, 2.45) is 0 Å². The van der Waals surface area contributed by atoms with Crippen LogP contribution >= 0.6 is 0 Å². The van der Waals surface area contributed by atoms with Gasteiger partial charge in [-0.05, 0) is 60.2 Å². The second-order valence-corrected chi connectivity index (χ2v) is 10.7. The fourth-order valence-electron chi connectivity index (χ4n) is 4.58. The predicted molar refractivity (Wildman–Crippen MR) is 148 cm³/mol. The molecule has 1 aliphatic rings. The quantitative estimate of drug-likeness (QED) is 0.319. The number of nitrogens with one attached hydrogen (secondary N) is 2. The Kier molecular flexibility index (Phi) is 7.24. The SMILES string of the molecule is Cc1ccccc1S(=O)(=O)NC(=O)N[C@@H](Cc1ccccc1)c1nccn1-c1cccc(C2=CCC=C2)c1. The highest BCUT2D eigenvalue weighted by Gasteiger charge is 2.25. The Morgan fingerprint density at radius 2 is 1.82 bits per heavy atom. The third kappa shape index (κ3) is 5.60. The molecule has 0 radical (unpaired) electrons. The van der Waals surface area contributed by atoms with Gasteiger partial charge in [-0.1, -0.05) is 78.9 Å². The number of carbonyl (C=O) groups excluding carboxylic acids is 1. The van der Waals surface area contributed by atoms with Crippen molar-refractivity contribution in [2.45, 2.75) is 30.7 Å². The van der Waals surface area contributed by atoms with Gasteiger partial charge in [0.1, 0.15) is 5.82 Å². The number of aryl methyl sites for hydroxylation is 1. The van der Waals surface area contributed by atoms with Crippen LogP contribution in [-0.4, -0.2) is 24.0 Å². The van der Waals surface area contributed by atoms with E-state index >= 15 is 0 Å². The van der Waals surface area contributed by atoms with Gasteiger partial charge in [-0.2, -0.15) is 0 Å². The number of amides is 2. The minimum atomic E-state index is -4.06. The van der Waals surface area contributed by atoms with Crippen molar-refractivity contribution in [3.63, 3.8) is 0 Å². The van der Waals surface area contributed by atoms with Gasteiger partial charge in [0, 0.05) is 18.1 Å². The lowest BCUT2D eigenvalue weighted by Gasteiger charge is -2.21. The second-order valence-electron chi connectivity index (χ2n) is 9.09. The normalized spacial score (nSPS) is 13.7. The summed E-state index contributed by atoms with van der Waals surface area (Å²) in [5.41, 5.74) is 4.67. The molecule has 2 N–H and O–H groups in total. The third-order valence-electron chi connectivity index (χ3n) is 6.41. The van der Waals surface area contributed by atoms with E-state index in [1.54, 1.807) is 31.3 Å². The fraction of sp³-hybridized carbons (Fsp3) is 0.133. The molecule has 0 saturated heterocycles. The molecule has 0 unspecified atom stereocenters. The molecule has 0 spiro atoms. The van der Waals surface area contributed by atoms with Gasteiger partial charge in [0.15, 0.2) is 0 Å². The van der Waals surface area contributed by atoms with E-state index in [0.29, 0.717) is 17.8 Å². The number of carbonyl (C=O) groups is 1. The summed E-state index contributed by atoms with van der Waals surface area (Å²) in [6, 6.07) is 22.9. The molecule has 38 heavy (non-hydrogen) atoms. The van der Waals surface area contributed by atoms with Crippen molar-refractivity contribution >= 4 is 21.6 Å². The van der Waals surface area contributed by atoms with Crippen LogP contribution in [0.3, 0.4) is 0 Å². The van der Waals surface area contributed by atoms with Crippen molar-refractivity contribution in [1.82, 2.24) is 19.6 Å². The summed E-state index contributed by atoms with van der Waals surface area (Å²) in [5, 5.41) is 2.86. The van der Waals surface area contributed by atoms with E-state index in [1.807, 2.05) is 53.2 Å². The van der Waals surface area contributed by atoms with E-state index in [-0.39, 0.29) is 4.90 Å². The molecule has 3 aromatic carbocycles. The molecule has 0 saturated carbocycles. The maximum Gasteiger partial charge on any atom is 0.329 e. The Labute approximate surface area is 222 Å². The predicted octanol–water partition coefficient (Wildman–Crippen LogP) is 5.50. The molecule has 2 amide bonds. The summed E-state index contributed by atoms with van der Waals surface area (Å²) in [4.78, 5) is 17.7. The minimum absolute atomic E-state index is 0.0586. The second kappa shape index (κ2) is 10.9. The molecular formula is C30H28N4O3S. The molecular weight excluding hydrogens is 496 g/mol. The molecule has 192 valence electrons. The van der Waals surface area contributed by atoms with Gasteiger partial charge in [-0.25, -0.2) is 22.9 Å². The average molecular weight is 525 g/mol. The summed E-state index contributed by atoms with van der Waals surface area (Å²) in [5.74, 6) is 0.588. The van der Waals surface area contributed by atoms with Crippen LogP contribution in [0.4, 0.5) is 4.79 Å². The summed E-state index contributed by atoms with van der Waals surface area (Å²) in [6.07, 6.45) is 11.3. The Hall–Kier alpha value is -4.43. The first kappa shape index (κ1) is 25.2. The van der Waals surface area contributed by atoms with Crippen LogP contribution in [0.25, 0.3) is 11.3 Å². The van der Waals surface area contributed by atoms with Gasteiger partial charge in [0.2, 0.25) is 0 Å². The molecule has 1 aromatic heterocycles. The standard InChI is InChI=1S/C30H28N4O3S/c1-22-10-5-8-17-28(22)38(36,37)33-30(35)32-27(20-23-11-3-2-4-12-23)29-31-18-19-34(29)26-16-9-15-25(21-26)24-13-6-7-14-24/h2-6,8-19,21,27H,7,20H2,1H3,(H2,32,33,35)/t27-/m0/s1. The number of hydrogen-bond acceptors (Lipinski definition) is 4. The Balaban J connectivity index is 1.45. The zero-order valence-electron chi connectivity index (χ0n) is 20.9. The summed E-state index contributed by atoms with van der Waals surface area (Å²) in [6.45, 7) is 1.69. The van der Waals surface area contributed by atoms with E-state index in [2.05, 4.69) is 45.4 Å². The number of rotatable bonds is 8. The van der Waals surface area contributed by atoms with Crippen molar-refractivity contribution in [3.8, 4) is 5.69 Å². The van der Waals surface area contributed by atoms with Gasteiger partial charge >= 0.3 is 6.03 Å². The first-order chi connectivity index (χ1) is 18.4. The Bertz CT molecular complexity index is 1620. The van der Waals surface area contributed by atoms with Gasteiger partial charge in [0.05, 0.1) is 10.9 Å². The summed E-state index contributed by atoms with van der Waals surface area (Å²) in [7, 11) is -4.06. The highest BCUT2D eigenvalue weighted by atomic mass is 32.2. The molecule has 0 fully saturated rings. The molecule has 8 heteroatoms. The van der Waals surface area contributed by atoms with Crippen LogP contribution in [0.5, 0.6) is 0 Å². The molecule has 4 aromatic rings. The van der Waals surface area contributed by atoms with Crippen molar-refractivity contribution < 1.29 is 13.2 Å². The van der Waals surface area contributed by atoms with Crippen molar-refractivity contribution in [2.75, 3.05) is 0 Å². The lowest BCUT2D eigenvalue weighted by atomic mass is 10.0. The number of aromatic nitrogens is 2. The maximum atomic E-state index is 13.1. The average Bonchev–Trinajstić information content (AvgIpc) is 3.62. The zero-order valence-corrected chi connectivity index (χ0v) is 21.7. The van der Waals surface area contributed by atoms with Crippen LogP contribution in [-0.2, 0) is 16.4 Å². The lowest BCUT2D eigenvalue weighted by Crippen LogP contribution is -2.42. The van der Waals surface area contributed by atoms with Gasteiger partial charge in [-0.3, -0.25) is 0 Å². The first-order valence-electron chi connectivity index (χ1n) is 12.3. The van der Waals surface area contributed by atoms with E-state index in [0.717, 1.165) is 28.8 Å². The van der Waals surface area contributed by atoms with E-state index in [4.69, 9.17) is 0 Å². The number of allylic oxidation sites excluding steroid dienone is 4. The van der Waals surface area contributed by atoms with Crippen molar-refractivity contribution in [1.29, 1.82) is 0 Å². The van der Waals surface area contributed by atoms with E-state index in [9.17, 15) is 13.2 Å². The third-order valence-corrected chi connectivity index (χ3v) is 7.90. The molecule has 1 aliphatic carbocycles. The van der Waals surface area contributed by atoms with E-state index < -0.39 is 22.1 Å². The number of benzene rings is 3. The topological polar surface area (TPSA) is 93.1 Å². The van der Waals surface area contributed by atoms with Crippen molar-refractivity contribution in [3.05, 3.63) is 132 Å². The smallest absolute Gasteiger partial charge is 0.327 e. The number of hydrogen-bond donors (Lipinski definition) is 2. The highest BCUT2D eigenvalue weighted by Crippen LogP contribution is 2.26. The van der Waals surface area contributed by atoms with Crippen LogP contribution in [0, 0.1) is 6.92 Å². The molecule has 0 bridgehead atoms. The van der Waals surface area contributed by atoms with Gasteiger partial charge in [-0.15, -0.1) is 0 Å². The van der Waals surface area contributed by atoms with Crippen LogP contribution in [0.1, 0.15) is 35.0 Å². The molecule has 7 nitrogen and oxygen atoms in total. The lowest BCUT2D eigenvalue weighted by molar-refractivity contribution is 0.241. The largest absolute Gasteiger partial charge is 0.329 e. The van der Waals surface area contributed by atoms with Gasteiger partial charge in [0.25, 0.3) is 10.0 Å². The number of nitrogens with zero attached hydrogens (tertiary/aromatic N) is 2. The number of imidazole rings is 1. The van der Waals surface area contributed by atoms with Crippen LogP contribution in [0.2, 0.25) is 0 Å².